The second-order valence-electron chi connectivity index (χ2n) is 4.07. The Hall–Kier alpha value is -0.510. The Kier molecular flexibility index (Phi) is 3.90. The smallest absolute Gasteiger partial charge is 0.138 e. The molecule has 1 fully saturated rings. The van der Waals surface area contributed by atoms with Gasteiger partial charge < -0.3 is 10.5 Å². The number of hydrogen-bond acceptors (Lipinski definition) is 3. The Labute approximate surface area is 105 Å². The summed E-state index contributed by atoms with van der Waals surface area (Å²) in [6, 6.07) is 1.93. The molecule has 1 saturated carbocycles. The largest absolute Gasteiger partial charge is 0.490 e. The topological polar surface area (TPSA) is 48.1 Å². The van der Waals surface area contributed by atoms with E-state index in [-0.39, 0.29) is 6.04 Å². The van der Waals surface area contributed by atoms with Crippen LogP contribution in [-0.4, -0.2) is 17.6 Å². The first-order valence-electron chi connectivity index (χ1n) is 5.29. The highest BCUT2D eigenvalue weighted by molar-refractivity contribution is 6.31. The maximum atomic E-state index is 5.93. The van der Waals surface area contributed by atoms with Gasteiger partial charge >= 0.3 is 0 Å². The van der Waals surface area contributed by atoms with Gasteiger partial charge in [-0.05, 0) is 24.8 Å². The van der Waals surface area contributed by atoms with Crippen molar-refractivity contribution in [1.82, 2.24) is 4.98 Å². The van der Waals surface area contributed by atoms with Crippen LogP contribution in [0.25, 0.3) is 0 Å². The molecule has 0 saturated heterocycles. The fraction of sp³-hybridized carbons (Fsp3) is 0.545. The lowest BCUT2D eigenvalue weighted by atomic mass is 10.2. The monoisotopic (exact) mass is 260 g/mol. The normalized spacial score (nSPS) is 17.2. The molecule has 0 spiro atoms. The number of ether oxygens (including phenoxy) is 1. The van der Waals surface area contributed by atoms with E-state index in [1.54, 1.807) is 6.20 Å². The van der Waals surface area contributed by atoms with Crippen molar-refractivity contribution in [2.75, 3.05) is 6.61 Å². The molecule has 1 aromatic heterocycles. The maximum absolute atomic E-state index is 5.93. The SMILES string of the molecule is NC(COc1cnc(Cl)c(CCl)c1)C1CC1. The van der Waals surface area contributed by atoms with Crippen LogP contribution in [0.3, 0.4) is 0 Å². The molecule has 0 aliphatic heterocycles. The summed E-state index contributed by atoms with van der Waals surface area (Å²) in [6.45, 7) is 0.524. The lowest BCUT2D eigenvalue weighted by Gasteiger charge is -2.12. The van der Waals surface area contributed by atoms with Crippen LogP contribution < -0.4 is 10.5 Å². The Morgan fingerprint density at radius 1 is 1.56 bits per heavy atom. The van der Waals surface area contributed by atoms with E-state index < -0.39 is 0 Å². The van der Waals surface area contributed by atoms with E-state index in [2.05, 4.69) is 4.98 Å². The third-order valence-corrected chi connectivity index (χ3v) is 3.33. The molecule has 0 amide bonds. The third kappa shape index (κ3) is 3.00. The fourth-order valence-corrected chi connectivity index (χ4v) is 1.94. The minimum Gasteiger partial charge on any atom is -0.490 e. The summed E-state index contributed by atoms with van der Waals surface area (Å²) in [6.07, 6.45) is 4.03. The van der Waals surface area contributed by atoms with Crippen molar-refractivity contribution >= 4 is 23.2 Å². The molecule has 88 valence electrons. The van der Waals surface area contributed by atoms with E-state index in [0.29, 0.717) is 29.3 Å². The first-order valence-corrected chi connectivity index (χ1v) is 6.20. The number of nitrogens with zero attached hydrogens (tertiary/aromatic N) is 1. The Balaban J connectivity index is 1.93. The number of halogens is 2. The van der Waals surface area contributed by atoms with Gasteiger partial charge in [-0.3, -0.25) is 0 Å². The summed E-state index contributed by atoms with van der Waals surface area (Å²) in [7, 11) is 0. The number of pyridine rings is 1. The van der Waals surface area contributed by atoms with Crippen LogP contribution in [0, 0.1) is 5.92 Å². The van der Waals surface area contributed by atoms with E-state index in [9.17, 15) is 0 Å². The van der Waals surface area contributed by atoms with Gasteiger partial charge in [0.1, 0.15) is 17.5 Å². The molecule has 0 bridgehead atoms. The van der Waals surface area contributed by atoms with Gasteiger partial charge in [0.05, 0.1) is 12.1 Å². The molecule has 1 heterocycles. The Bertz CT molecular complexity index is 369. The van der Waals surface area contributed by atoms with Crippen LogP contribution in [0.1, 0.15) is 18.4 Å². The molecule has 1 unspecified atom stereocenters. The van der Waals surface area contributed by atoms with E-state index in [1.165, 1.54) is 12.8 Å². The van der Waals surface area contributed by atoms with Crippen molar-refractivity contribution in [2.24, 2.45) is 11.7 Å². The molecule has 0 radical (unpaired) electrons. The molecule has 1 aromatic rings. The van der Waals surface area contributed by atoms with Crippen LogP contribution in [0.2, 0.25) is 5.15 Å². The minimum absolute atomic E-state index is 0.120. The summed E-state index contributed by atoms with van der Waals surface area (Å²) < 4.78 is 5.56. The number of rotatable bonds is 5. The summed E-state index contributed by atoms with van der Waals surface area (Å²) in [5.41, 5.74) is 6.71. The number of aromatic nitrogens is 1. The summed E-state index contributed by atoms with van der Waals surface area (Å²) in [5, 5.41) is 0.425. The lowest BCUT2D eigenvalue weighted by Crippen LogP contribution is -2.29. The zero-order chi connectivity index (χ0) is 11.5. The number of alkyl halides is 1. The van der Waals surface area contributed by atoms with Gasteiger partial charge in [0, 0.05) is 11.6 Å². The average Bonchev–Trinajstić information content (AvgIpc) is 3.11. The van der Waals surface area contributed by atoms with Gasteiger partial charge in [-0.25, -0.2) is 4.98 Å². The fourth-order valence-electron chi connectivity index (χ4n) is 1.50. The summed E-state index contributed by atoms with van der Waals surface area (Å²) in [5.74, 6) is 1.64. The second kappa shape index (κ2) is 5.21. The van der Waals surface area contributed by atoms with Crippen molar-refractivity contribution in [2.45, 2.75) is 24.8 Å². The van der Waals surface area contributed by atoms with Crippen molar-refractivity contribution < 1.29 is 4.74 Å². The number of nitrogens with two attached hydrogens (primary N) is 1. The predicted octanol–water partition coefficient (Wildman–Crippen LogP) is 2.59. The van der Waals surface area contributed by atoms with E-state index >= 15 is 0 Å². The van der Waals surface area contributed by atoms with E-state index in [4.69, 9.17) is 33.7 Å². The molecule has 2 rings (SSSR count). The van der Waals surface area contributed by atoms with E-state index in [1.807, 2.05) is 6.07 Å². The van der Waals surface area contributed by atoms with Crippen molar-refractivity contribution in [3.8, 4) is 5.75 Å². The van der Waals surface area contributed by atoms with Gasteiger partial charge in [-0.15, -0.1) is 11.6 Å². The zero-order valence-electron chi connectivity index (χ0n) is 8.83. The molecule has 16 heavy (non-hydrogen) atoms. The van der Waals surface area contributed by atoms with Crippen LogP contribution in [0.4, 0.5) is 0 Å². The first kappa shape index (κ1) is 12.0. The Morgan fingerprint density at radius 3 is 2.94 bits per heavy atom. The molecule has 5 heteroatoms. The lowest BCUT2D eigenvalue weighted by molar-refractivity contribution is 0.275. The van der Waals surface area contributed by atoms with Crippen LogP contribution in [0.15, 0.2) is 12.3 Å². The summed E-state index contributed by atoms with van der Waals surface area (Å²) >= 11 is 11.6. The quantitative estimate of drug-likeness (QED) is 0.654. The van der Waals surface area contributed by atoms with E-state index in [0.717, 1.165) is 5.56 Å². The average molecular weight is 261 g/mol. The molecule has 2 N–H and O–H groups in total. The highest BCUT2D eigenvalue weighted by atomic mass is 35.5. The van der Waals surface area contributed by atoms with Gasteiger partial charge in [0.25, 0.3) is 0 Å². The molecule has 1 atom stereocenters. The highest BCUT2D eigenvalue weighted by Crippen LogP contribution is 2.31. The molecule has 1 aliphatic carbocycles. The summed E-state index contributed by atoms with van der Waals surface area (Å²) in [4.78, 5) is 4.00. The highest BCUT2D eigenvalue weighted by Gasteiger charge is 2.28. The molecular formula is C11H14Cl2N2O. The van der Waals surface area contributed by atoms with Crippen LogP contribution >= 0.6 is 23.2 Å². The van der Waals surface area contributed by atoms with Gasteiger partial charge in [0.2, 0.25) is 0 Å². The molecular weight excluding hydrogens is 247 g/mol. The maximum Gasteiger partial charge on any atom is 0.138 e. The third-order valence-electron chi connectivity index (χ3n) is 2.70. The number of hydrogen-bond donors (Lipinski definition) is 1. The van der Waals surface area contributed by atoms with Crippen molar-refractivity contribution in [3.05, 3.63) is 23.0 Å². The van der Waals surface area contributed by atoms with Crippen molar-refractivity contribution in [3.63, 3.8) is 0 Å². The van der Waals surface area contributed by atoms with Gasteiger partial charge in [0.15, 0.2) is 0 Å². The zero-order valence-corrected chi connectivity index (χ0v) is 10.3. The Morgan fingerprint density at radius 2 is 2.31 bits per heavy atom. The predicted molar refractivity (Wildman–Crippen MR) is 65.0 cm³/mol. The molecule has 1 aliphatic rings. The molecule has 3 nitrogen and oxygen atoms in total. The molecule has 0 aromatic carbocycles. The minimum atomic E-state index is 0.120. The standard InChI is InChI=1S/C11H14Cl2N2O/c12-4-8-3-9(5-15-11(8)13)16-6-10(14)7-1-2-7/h3,5,7,10H,1-2,4,6,14H2. The van der Waals surface area contributed by atoms with Gasteiger partial charge in [-0.2, -0.15) is 0 Å². The first-order chi connectivity index (χ1) is 7.70. The second-order valence-corrected chi connectivity index (χ2v) is 4.69. The van der Waals surface area contributed by atoms with Gasteiger partial charge in [-0.1, -0.05) is 11.6 Å². The van der Waals surface area contributed by atoms with Crippen LogP contribution in [0.5, 0.6) is 5.75 Å². The van der Waals surface area contributed by atoms with Crippen molar-refractivity contribution in [1.29, 1.82) is 0 Å². The van der Waals surface area contributed by atoms with Crippen LogP contribution in [-0.2, 0) is 5.88 Å².